The zero-order valence-corrected chi connectivity index (χ0v) is 22.3. The SMILES string of the molecule is CCN(CC)[C@H]1C[C@H](CN2C(=O)C(O)(c3c(F)cc(F)cc3F)c3c2cc(-c2ncco2)cc3C(F)(F)F)C1.Cl. The summed E-state index contributed by atoms with van der Waals surface area (Å²) in [4.78, 5) is 20.8. The van der Waals surface area contributed by atoms with E-state index in [1.54, 1.807) is 0 Å². The summed E-state index contributed by atoms with van der Waals surface area (Å²) in [5, 5.41) is 11.7. The Kier molecular flexibility index (Phi) is 8.00. The molecule has 1 unspecified atom stereocenters. The van der Waals surface area contributed by atoms with Gasteiger partial charge < -0.3 is 19.3 Å². The van der Waals surface area contributed by atoms with E-state index in [1.807, 2.05) is 13.8 Å². The number of aliphatic hydroxyl groups is 1. The van der Waals surface area contributed by atoms with Gasteiger partial charge in [-0.2, -0.15) is 13.2 Å². The lowest BCUT2D eigenvalue weighted by Crippen LogP contribution is -2.50. The number of anilines is 1. The van der Waals surface area contributed by atoms with Crippen molar-refractivity contribution in [1.82, 2.24) is 9.88 Å². The summed E-state index contributed by atoms with van der Waals surface area (Å²) in [6, 6.07) is 2.41. The van der Waals surface area contributed by atoms with Gasteiger partial charge in [0.05, 0.1) is 23.0 Å². The molecule has 1 aliphatic heterocycles. The van der Waals surface area contributed by atoms with Crippen LogP contribution in [0, 0.1) is 23.4 Å². The molecule has 0 saturated heterocycles. The molecule has 1 atom stereocenters. The fourth-order valence-electron chi connectivity index (χ4n) is 5.79. The van der Waals surface area contributed by atoms with Crippen molar-refractivity contribution in [3.05, 3.63) is 70.9 Å². The van der Waals surface area contributed by atoms with Crippen LogP contribution in [0.3, 0.4) is 0 Å². The van der Waals surface area contributed by atoms with Crippen LogP contribution >= 0.6 is 12.4 Å². The number of hydrogen-bond acceptors (Lipinski definition) is 5. The van der Waals surface area contributed by atoms with Gasteiger partial charge in [0.1, 0.15) is 23.7 Å². The minimum Gasteiger partial charge on any atom is -0.445 e. The number of benzene rings is 2. The van der Waals surface area contributed by atoms with Gasteiger partial charge in [0.15, 0.2) is 0 Å². The predicted molar refractivity (Wildman–Crippen MR) is 135 cm³/mol. The third-order valence-electron chi connectivity index (χ3n) is 7.66. The normalized spacial score (nSPS) is 22.4. The first-order valence-electron chi connectivity index (χ1n) is 12.5. The Hall–Kier alpha value is -3.09. The minimum absolute atomic E-state index is 0. The molecule has 5 rings (SSSR count). The number of nitrogens with zero attached hydrogens (tertiary/aromatic N) is 3. The van der Waals surface area contributed by atoms with Crippen LogP contribution < -0.4 is 4.90 Å². The number of carbonyl (C=O) groups excluding carboxylic acids is 1. The van der Waals surface area contributed by atoms with E-state index in [2.05, 4.69) is 9.88 Å². The molecule has 0 spiro atoms. The van der Waals surface area contributed by atoms with E-state index in [1.165, 1.54) is 12.3 Å². The van der Waals surface area contributed by atoms with Crippen molar-refractivity contribution in [2.45, 2.75) is 44.5 Å². The summed E-state index contributed by atoms with van der Waals surface area (Å²) in [6.45, 7) is 5.52. The van der Waals surface area contributed by atoms with E-state index < -0.39 is 51.8 Å². The van der Waals surface area contributed by atoms with Crippen LogP contribution in [0.15, 0.2) is 41.1 Å². The van der Waals surface area contributed by atoms with Crippen LogP contribution in [0.5, 0.6) is 0 Å². The molecular weight excluding hydrogens is 564 g/mol. The molecule has 6 nitrogen and oxygen atoms in total. The van der Waals surface area contributed by atoms with Crippen molar-refractivity contribution in [2.75, 3.05) is 24.5 Å². The Morgan fingerprint density at radius 2 is 1.70 bits per heavy atom. The fraction of sp³-hybridized carbons (Fsp3) is 0.407. The van der Waals surface area contributed by atoms with Gasteiger partial charge in [-0.15, -0.1) is 12.4 Å². The van der Waals surface area contributed by atoms with Crippen molar-refractivity contribution >= 4 is 24.0 Å². The van der Waals surface area contributed by atoms with Crippen molar-refractivity contribution < 1.29 is 40.7 Å². The standard InChI is InChI=1S/C27H25F6N3O3.ClH/c1-3-35(4-2)17-7-14(8-17)13-36-21-10-15(24-34-5-6-39-24)9-18(27(31,32)33)22(21)26(38,25(36)37)23-19(29)11-16(28)12-20(23)30;/h5-6,9-12,14,17,38H,3-4,7-8,13H2,1-2H3;1H/t14-,17-,26?;. The molecule has 0 bridgehead atoms. The van der Waals surface area contributed by atoms with Gasteiger partial charge in [0.25, 0.3) is 5.91 Å². The van der Waals surface area contributed by atoms with E-state index >= 15 is 0 Å². The molecular formula is C27H26ClF6N3O3. The predicted octanol–water partition coefficient (Wildman–Crippen LogP) is 5.90. The molecule has 3 aromatic rings. The number of rotatable bonds is 7. The molecule has 13 heteroatoms. The van der Waals surface area contributed by atoms with Crippen molar-refractivity contribution in [1.29, 1.82) is 0 Å². The molecule has 1 aliphatic carbocycles. The molecule has 1 saturated carbocycles. The number of halogens is 7. The Morgan fingerprint density at radius 1 is 1.07 bits per heavy atom. The van der Waals surface area contributed by atoms with E-state index in [9.17, 15) is 36.2 Å². The van der Waals surface area contributed by atoms with Crippen molar-refractivity contribution in [2.24, 2.45) is 5.92 Å². The van der Waals surface area contributed by atoms with Crippen LogP contribution in [0.2, 0.25) is 0 Å². The number of alkyl halides is 3. The van der Waals surface area contributed by atoms with Gasteiger partial charge in [-0.05, 0) is 44.0 Å². The summed E-state index contributed by atoms with van der Waals surface area (Å²) >= 11 is 0. The van der Waals surface area contributed by atoms with Gasteiger partial charge >= 0.3 is 6.18 Å². The monoisotopic (exact) mass is 589 g/mol. The average Bonchev–Trinajstić information content (AvgIpc) is 3.44. The summed E-state index contributed by atoms with van der Waals surface area (Å²) < 4.78 is 92.2. The highest BCUT2D eigenvalue weighted by Crippen LogP contribution is 2.53. The van der Waals surface area contributed by atoms with Gasteiger partial charge in [-0.25, -0.2) is 18.2 Å². The Labute approximate surface area is 232 Å². The number of aromatic nitrogens is 1. The number of fused-ring (bicyclic) bond motifs is 1. The van der Waals surface area contributed by atoms with E-state index in [0.717, 1.165) is 24.3 Å². The molecule has 1 N–H and O–H groups in total. The molecule has 2 heterocycles. The van der Waals surface area contributed by atoms with E-state index in [0.29, 0.717) is 18.9 Å². The number of oxazole rings is 1. The van der Waals surface area contributed by atoms with Crippen molar-refractivity contribution in [3.8, 4) is 11.5 Å². The molecule has 0 radical (unpaired) electrons. The first-order valence-corrected chi connectivity index (χ1v) is 12.5. The minimum atomic E-state index is -5.16. The van der Waals surface area contributed by atoms with E-state index in [4.69, 9.17) is 4.42 Å². The molecule has 216 valence electrons. The quantitative estimate of drug-likeness (QED) is 0.348. The molecule has 1 fully saturated rings. The summed E-state index contributed by atoms with van der Waals surface area (Å²) in [6.07, 6.45) is -1.50. The Balaban J connectivity index is 0.00000370. The van der Waals surface area contributed by atoms with Gasteiger partial charge in [0, 0.05) is 35.8 Å². The molecule has 2 aliphatic rings. The largest absolute Gasteiger partial charge is 0.445 e. The van der Waals surface area contributed by atoms with Crippen LogP contribution in [-0.2, 0) is 16.6 Å². The van der Waals surface area contributed by atoms with Crippen LogP contribution in [0.4, 0.5) is 32.0 Å². The zero-order valence-electron chi connectivity index (χ0n) is 21.4. The van der Waals surface area contributed by atoms with E-state index in [-0.39, 0.29) is 60.2 Å². The van der Waals surface area contributed by atoms with Crippen LogP contribution in [-0.4, -0.2) is 46.6 Å². The highest BCUT2D eigenvalue weighted by molar-refractivity contribution is 6.10. The molecule has 40 heavy (non-hydrogen) atoms. The second kappa shape index (κ2) is 10.7. The number of hydrogen-bond donors (Lipinski definition) is 1. The van der Waals surface area contributed by atoms with Gasteiger partial charge in [0.2, 0.25) is 11.5 Å². The lowest BCUT2D eigenvalue weighted by atomic mass is 9.78. The maximum atomic E-state index is 15.0. The first-order chi connectivity index (χ1) is 18.4. The summed E-state index contributed by atoms with van der Waals surface area (Å²) in [5.74, 6) is -6.42. The molecule has 2 aromatic carbocycles. The number of amides is 1. The first kappa shape index (κ1) is 29.9. The van der Waals surface area contributed by atoms with Crippen LogP contribution in [0.1, 0.15) is 43.4 Å². The summed E-state index contributed by atoms with van der Waals surface area (Å²) in [7, 11) is 0. The van der Waals surface area contributed by atoms with Crippen molar-refractivity contribution in [3.63, 3.8) is 0 Å². The van der Waals surface area contributed by atoms with Gasteiger partial charge in [-0.1, -0.05) is 13.8 Å². The maximum Gasteiger partial charge on any atom is 0.416 e. The fourth-order valence-corrected chi connectivity index (χ4v) is 5.79. The number of carbonyl (C=O) groups is 1. The average molecular weight is 590 g/mol. The Morgan fingerprint density at radius 3 is 2.23 bits per heavy atom. The molecule has 1 aromatic heterocycles. The van der Waals surface area contributed by atoms with Gasteiger partial charge in [-0.3, -0.25) is 4.79 Å². The zero-order chi connectivity index (χ0) is 28.3. The smallest absolute Gasteiger partial charge is 0.416 e. The maximum absolute atomic E-state index is 15.0. The molecule has 1 amide bonds. The topological polar surface area (TPSA) is 69.8 Å². The highest BCUT2D eigenvalue weighted by atomic mass is 35.5. The van der Waals surface area contributed by atoms with Crippen LogP contribution in [0.25, 0.3) is 11.5 Å². The highest BCUT2D eigenvalue weighted by Gasteiger charge is 2.58. The second-order valence-corrected chi connectivity index (χ2v) is 9.84. The summed E-state index contributed by atoms with van der Waals surface area (Å²) in [5.41, 5.74) is -7.83. The Bertz CT molecular complexity index is 1380. The lowest BCUT2D eigenvalue weighted by Gasteiger charge is -2.43. The third kappa shape index (κ3) is 4.75. The second-order valence-electron chi connectivity index (χ2n) is 9.84. The third-order valence-corrected chi connectivity index (χ3v) is 7.66. The lowest BCUT2D eigenvalue weighted by molar-refractivity contribution is -0.142.